The van der Waals surface area contributed by atoms with Gasteiger partial charge in [0.25, 0.3) is 5.91 Å². The minimum atomic E-state index is -0.504. The van der Waals surface area contributed by atoms with Gasteiger partial charge in [0.2, 0.25) is 0 Å². The number of esters is 1. The van der Waals surface area contributed by atoms with Gasteiger partial charge in [-0.15, -0.1) is 11.3 Å². The third-order valence-corrected chi connectivity index (χ3v) is 4.46. The van der Waals surface area contributed by atoms with Crippen molar-refractivity contribution in [1.29, 1.82) is 0 Å². The molecule has 1 aromatic carbocycles. The molecule has 0 unspecified atom stereocenters. The lowest BCUT2D eigenvalue weighted by Gasteiger charge is -2.24. The van der Waals surface area contributed by atoms with E-state index in [0.717, 1.165) is 4.88 Å². The van der Waals surface area contributed by atoms with Crippen molar-refractivity contribution in [3.63, 3.8) is 0 Å². The topological polar surface area (TPSA) is 46.6 Å². The summed E-state index contributed by atoms with van der Waals surface area (Å²) in [5, 5.41) is 1.98. The van der Waals surface area contributed by atoms with Gasteiger partial charge in [-0.2, -0.15) is 0 Å². The number of thiophene rings is 1. The fourth-order valence-electron chi connectivity index (χ4n) is 2.04. The van der Waals surface area contributed by atoms with Gasteiger partial charge in [-0.25, -0.2) is 4.79 Å². The van der Waals surface area contributed by atoms with Gasteiger partial charge in [-0.05, 0) is 30.5 Å². The van der Waals surface area contributed by atoms with E-state index in [-0.39, 0.29) is 17.5 Å². The van der Waals surface area contributed by atoms with Crippen LogP contribution < -0.4 is 0 Å². The van der Waals surface area contributed by atoms with Crippen LogP contribution >= 0.6 is 11.3 Å². The van der Waals surface area contributed by atoms with Crippen LogP contribution in [-0.4, -0.2) is 30.9 Å². The zero-order valence-corrected chi connectivity index (χ0v) is 13.0. The van der Waals surface area contributed by atoms with E-state index in [1.54, 1.807) is 47.5 Å². The van der Waals surface area contributed by atoms with Gasteiger partial charge in [-0.3, -0.25) is 4.79 Å². The third-order valence-electron chi connectivity index (χ3n) is 3.42. The highest BCUT2D eigenvalue weighted by Gasteiger charge is 2.23. The molecule has 1 aromatic heterocycles. The second-order valence-electron chi connectivity index (χ2n) is 4.64. The van der Waals surface area contributed by atoms with E-state index >= 15 is 0 Å². The molecule has 1 atom stereocenters. The molecule has 0 spiro atoms. The van der Waals surface area contributed by atoms with Crippen LogP contribution in [0.3, 0.4) is 0 Å². The Balaban J connectivity index is 2.30. The van der Waals surface area contributed by atoms with Gasteiger partial charge < -0.3 is 9.64 Å². The molecule has 5 heteroatoms. The van der Waals surface area contributed by atoms with Crippen molar-refractivity contribution in [2.45, 2.75) is 13.0 Å². The molecule has 0 aliphatic carbocycles. The van der Waals surface area contributed by atoms with Crippen LogP contribution in [0.5, 0.6) is 0 Å². The number of hydrogen-bond acceptors (Lipinski definition) is 4. The molecule has 21 heavy (non-hydrogen) atoms. The zero-order chi connectivity index (χ0) is 15.4. The SMILES string of the molecule is COC(=O)c1ccccc1C(=O)N(C)[C@H](C)c1cccs1. The maximum atomic E-state index is 12.6. The molecule has 1 amide bonds. The molecular formula is C16H17NO3S. The Hall–Kier alpha value is -2.14. The smallest absolute Gasteiger partial charge is 0.338 e. The Labute approximate surface area is 128 Å². The molecule has 4 nitrogen and oxygen atoms in total. The molecule has 2 rings (SSSR count). The second kappa shape index (κ2) is 6.54. The van der Waals surface area contributed by atoms with Crippen LogP contribution in [0.25, 0.3) is 0 Å². The molecule has 0 fully saturated rings. The van der Waals surface area contributed by atoms with Crippen LogP contribution in [0.4, 0.5) is 0 Å². The van der Waals surface area contributed by atoms with E-state index in [9.17, 15) is 9.59 Å². The minimum Gasteiger partial charge on any atom is -0.465 e. The van der Waals surface area contributed by atoms with Crippen molar-refractivity contribution in [3.05, 3.63) is 57.8 Å². The number of ether oxygens (including phenoxy) is 1. The summed E-state index contributed by atoms with van der Waals surface area (Å²) in [6.07, 6.45) is 0. The summed E-state index contributed by atoms with van der Waals surface area (Å²) in [4.78, 5) is 27.1. The number of rotatable bonds is 4. The first-order chi connectivity index (χ1) is 10.1. The molecule has 0 radical (unpaired) electrons. The Bertz CT molecular complexity index is 637. The molecule has 0 aliphatic heterocycles. The number of benzene rings is 1. The van der Waals surface area contributed by atoms with Gasteiger partial charge >= 0.3 is 5.97 Å². The highest BCUT2D eigenvalue weighted by molar-refractivity contribution is 7.10. The Morgan fingerprint density at radius 2 is 1.81 bits per heavy atom. The van der Waals surface area contributed by atoms with Crippen LogP contribution in [0.2, 0.25) is 0 Å². The summed E-state index contributed by atoms with van der Waals surface area (Å²) in [6, 6.07) is 10.6. The van der Waals surface area contributed by atoms with E-state index < -0.39 is 5.97 Å². The Morgan fingerprint density at radius 3 is 2.38 bits per heavy atom. The predicted molar refractivity (Wildman–Crippen MR) is 82.6 cm³/mol. The number of carbonyl (C=O) groups is 2. The molecule has 0 N–H and O–H groups in total. The molecule has 0 saturated carbocycles. The van der Waals surface area contributed by atoms with Crippen molar-refractivity contribution in [2.24, 2.45) is 0 Å². The lowest BCUT2D eigenvalue weighted by Crippen LogP contribution is -2.30. The number of carbonyl (C=O) groups excluding carboxylic acids is 2. The summed E-state index contributed by atoms with van der Waals surface area (Å²) >= 11 is 1.60. The van der Waals surface area contributed by atoms with E-state index in [4.69, 9.17) is 4.74 Å². The summed E-state index contributed by atoms with van der Waals surface area (Å²) in [7, 11) is 3.04. The lowest BCUT2D eigenvalue weighted by atomic mass is 10.1. The number of nitrogens with zero attached hydrogens (tertiary/aromatic N) is 1. The number of amides is 1. The first kappa shape index (κ1) is 15.3. The van der Waals surface area contributed by atoms with Crippen LogP contribution in [0, 0.1) is 0 Å². The van der Waals surface area contributed by atoms with Crippen LogP contribution in [-0.2, 0) is 4.74 Å². The molecule has 2 aromatic rings. The maximum Gasteiger partial charge on any atom is 0.338 e. The predicted octanol–water partition coefficient (Wildman–Crippen LogP) is 3.37. The third kappa shape index (κ3) is 3.13. The maximum absolute atomic E-state index is 12.6. The molecule has 1 heterocycles. The zero-order valence-electron chi connectivity index (χ0n) is 12.2. The lowest BCUT2D eigenvalue weighted by molar-refractivity contribution is 0.0589. The van der Waals surface area contributed by atoms with Gasteiger partial charge in [0.05, 0.1) is 24.3 Å². The Morgan fingerprint density at radius 1 is 1.14 bits per heavy atom. The number of hydrogen-bond donors (Lipinski definition) is 0. The van der Waals surface area contributed by atoms with E-state index in [1.165, 1.54) is 7.11 Å². The molecule has 0 aliphatic rings. The van der Waals surface area contributed by atoms with Crippen LogP contribution in [0.1, 0.15) is 38.6 Å². The van der Waals surface area contributed by atoms with Gasteiger partial charge in [0.1, 0.15) is 0 Å². The van der Waals surface area contributed by atoms with Gasteiger partial charge in [-0.1, -0.05) is 18.2 Å². The fraction of sp³-hybridized carbons (Fsp3) is 0.250. The van der Waals surface area contributed by atoms with Crippen molar-refractivity contribution in [1.82, 2.24) is 4.90 Å². The summed E-state index contributed by atoms with van der Waals surface area (Å²) in [5.74, 6) is -0.701. The summed E-state index contributed by atoms with van der Waals surface area (Å²) < 4.78 is 4.73. The van der Waals surface area contributed by atoms with Crippen molar-refractivity contribution < 1.29 is 14.3 Å². The van der Waals surface area contributed by atoms with Gasteiger partial charge in [0.15, 0.2) is 0 Å². The second-order valence-corrected chi connectivity index (χ2v) is 5.62. The van der Waals surface area contributed by atoms with Crippen molar-refractivity contribution in [2.75, 3.05) is 14.2 Å². The molecule has 110 valence electrons. The Kier molecular flexibility index (Phi) is 4.75. The van der Waals surface area contributed by atoms with Crippen molar-refractivity contribution in [3.8, 4) is 0 Å². The molecule has 0 saturated heterocycles. The van der Waals surface area contributed by atoms with Crippen LogP contribution in [0.15, 0.2) is 41.8 Å². The minimum absolute atomic E-state index is 0.0526. The highest BCUT2D eigenvalue weighted by atomic mass is 32.1. The van der Waals surface area contributed by atoms with Crippen molar-refractivity contribution >= 4 is 23.2 Å². The first-order valence-corrected chi connectivity index (χ1v) is 7.42. The summed E-state index contributed by atoms with van der Waals surface area (Å²) in [6.45, 7) is 1.96. The standard InChI is InChI=1S/C16H17NO3S/c1-11(14-9-6-10-21-14)17(2)15(18)12-7-4-5-8-13(12)16(19)20-3/h4-11H,1-3H3/t11-/m1/s1. The average molecular weight is 303 g/mol. The van der Waals surface area contributed by atoms with E-state index in [0.29, 0.717) is 5.56 Å². The van der Waals surface area contributed by atoms with E-state index in [2.05, 4.69) is 0 Å². The monoisotopic (exact) mass is 303 g/mol. The molecular weight excluding hydrogens is 286 g/mol. The normalized spacial score (nSPS) is 11.8. The highest BCUT2D eigenvalue weighted by Crippen LogP contribution is 2.25. The van der Waals surface area contributed by atoms with E-state index in [1.807, 2.05) is 24.4 Å². The largest absolute Gasteiger partial charge is 0.465 e. The first-order valence-electron chi connectivity index (χ1n) is 6.54. The average Bonchev–Trinajstić information content (AvgIpc) is 3.06. The quantitative estimate of drug-likeness (QED) is 0.814. The number of methoxy groups -OCH3 is 1. The summed E-state index contributed by atoms with van der Waals surface area (Å²) in [5.41, 5.74) is 0.644. The molecule has 0 bridgehead atoms. The van der Waals surface area contributed by atoms with Gasteiger partial charge in [0, 0.05) is 11.9 Å². The fourth-order valence-corrected chi connectivity index (χ4v) is 2.87.